The molecule has 1 amide bonds. The first-order chi connectivity index (χ1) is 13.3. The van der Waals surface area contributed by atoms with Gasteiger partial charge in [0.15, 0.2) is 0 Å². The molecule has 0 N–H and O–H groups in total. The van der Waals surface area contributed by atoms with Crippen LogP contribution in [0.15, 0.2) is 24.3 Å². The summed E-state index contributed by atoms with van der Waals surface area (Å²) in [5.41, 5.74) is 1.90. The van der Waals surface area contributed by atoms with Crippen LogP contribution in [0.2, 0.25) is 5.02 Å². The Kier molecular flexibility index (Phi) is 6.00. The molecule has 0 aliphatic carbocycles. The second-order valence-electron chi connectivity index (χ2n) is 7.12. The zero-order chi connectivity index (χ0) is 20.4. The van der Waals surface area contributed by atoms with E-state index >= 15 is 0 Å². The summed E-state index contributed by atoms with van der Waals surface area (Å²) < 4.78 is 1.47. The first-order valence-corrected chi connectivity index (χ1v) is 9.61. The Labute approximate surface area is 168 Å². The van der Waals surface area contributed by atoms with Gasteiger partial charge in [0.2, 0.25) is 5.91 Å². The molecular formula is C19H24ClN5O3. The predicted octanol–water partition coefficient (Wildman–Crippen LogP) is 2.97. The van der Waals surface area contributed by atoms with E-state index < -0.39 is 11.0 Å². The van der Waals surface area contributed by atoms with E-state index in [-0.39, 0.29) is 11.6 Å². The molecule has 1 unspecified atom stereocenters. The van der Waals surface area contributed by atoms with Crippen LogP contribution in [0, 0.1) is 24.0 Å². The molecule has 1 aromatic heterocycles. The minimum atomic E-state index is -0.574. The fraction of sp³-hybridized carbons (Fsp3) is 0.474. The van der Waals surface area contributed by atoms with Crippen LogP contribution in [0.5, 0.6) is 0 Å². The van der Waals surface area contributed by atoms with Crippen molar-refractivity contribution in [3.05, 3.63) is 56.4 Å². The zero-order valence-corrected chi connectivity index (χ0v) is 17.0. The number of nitrogens with zero attached hydrogens (tertiary/aromatic N) is 5. The number of amides is 1. The molecule has 0 spiro atoms. The molecule has 28 heavy (non-hydrogen) atoms. The van der Waals surface area contributed by atoms with Crippen molar-refractivity contribution in [2.75, 3.05) is 26.2 Å². The SMILES string of the molecule is Cc1nn(C(C)C(=O)N2CCN(Cc3ccc(Cl)cc3)CC2)c(C)c1[N+](=O)[O-]. The number of halogens is 1. The molecule has 1 atom stereocenters. The second-order valence-corrected chi connectivity index (χ2v) is 7.56. The van der Waals surface area contributed by atoms with Gasteiger partial charge in [-0.25, -0.2) is 0 Å². The summed E-state index contributed by atoms with van der Waals surface area (Å²) in [6.45, 7) is 8.58. The lowest BCUT2D eigenvalue weighted by Crippen LogP contribution is -2.50. The van der Waals surface area contributed by atoms with Crippen LogP contribution in [0.25, 0.3) is 0 Å². The highest BCUT2D eigenvalue weighted by Crippen LogP contribution is 2.25. The van der Waals surface area contributed by atoms with Crippen LogP contribution in [-0.2, 0) is 11.3 Å². The molecule has 150 valence electrons. The molecule has 2 aromatic rings. The maximum Gasteiger partial charge on any atom is 0.312 e. The third-order valence-corrected chi connectivity index (χ3v) is 5.45. The van der Waals surface area contributed by atoms with Gasteiger partial charge in [0.05, 0.1) is 4.92 Å². The molecule has 0 radical (unpaired) electrons. The summed E-state index contributed by atoms with van der Waals surface area (Å²) in [4.78, 5) is 27.8. The first kappa shape index (κ1) is 20.3. The van der Waals surface area contributed by atoms with Crippen LogP contribution in [0.3, 0.4) is 0 Å². The van der Waals surface area contributed by atoms with E-state index in [1.807, 2.05) is 29.2 Å². The summed E-state index contributed by atoms with van der Waals surface area (Å²) in [6, 6.07) is 7.21. The van der Waals surface area contributed by atoms with Crippen molar-refractivity contribution in [2.45, 2.75) is 33.4 Å². The second kappa shape index (κ2) is 8.28. The van der Waals surface area contributed by atoms with Gasteiger partial charge in [-0.15, -0.1) is 0 Å². The molecule has 3 rings (SSSR count). The molecular weight excluding hydrogens is 382 g/mol. The van der Waals surface area contributed by atoms with Crippen LogP contribution < -0.4 is 0 Å². The normalized spacial score (nSPS) is 16.2. The molecule has 1 fully saturated rings. The lowest BCUT2D eigenvalue weighted by Gasteiger charge is -2.36. The summed E-state index contributed by atoms with van der Waals surface area (Å²) in [7, 11) is 0. The summed E-state index contributed by atoms with van der Waals surface area (Å²) in [6.07, 6.45) is 0. The van der Waals surface area contributed by atoms with E-state index in [1.54, 1.807) is 20.8 Å². The van der Waals surface area contributed by atoms with Crippen molar-refractivity contribution in [2.24, 2.45) is 0 Å². The monoisotopic (exact) mass is 405 g/mol. The minimum absolute atomic E-state index is 0.0209. The van der Waals surface area contributed by atoms with Crippen molar-refractivity contribution in [3.63, 3.8) is 0 Å². The fourth-order valence-electron chi connectivity index (χ4n) is 3.64. The largest absolute Gasteiger partial charge is 0.338 e. The van der Waals surface area contributed by atoms with Crippen molar-refractivity contribution in [3.8, 4) is 0 Å². The molecule has 0 bridgehead atoms. The highest BCUT2D eigenvalue weighted by atomic mass is 35.5. The number of hydrogen-bond acceptors (Lipinski definition) is 5. The molecule has 1 saturated heterocycles. The quantitative estimate of drug-likeness (QED) is 0.564. The molecule has 2 heterocycles. The number of benzene rings is 1. The van der Waals surface area contributed by atoms with Crippen molar-refractivity contribution < 1.29 is 9.72 Å². The van der Waals surface area contributed by atoms with E-state index in [2.05, 4.69) is 10.00 Å². The summed E-state index contributed by atoms with van der Waals surface area (Å²) >= 11 is 5.93. The van der Waals surface area contributed by atoms with E-state index in [0.717, 1.165) is 24.7 Å². The third kappa shape index (κ3) is 4.18. The van der Waals surface area contributed by atoms with Gasteiger partial charge in [0.25, 0.3) is 0 Å². The highest BCUT2D eigenvalue weighted by molar-refractivity contribution is 6.30. The number of carbonyl (C=O) groups is 1. The van der Waals surface area contributed by atoms with E-state index in [9.17, 15) is 14.9 Å². The lowest BCUT2D eigenvalue weighted by atomic mass is 10.2. The van der Waals surface area contributed by atoms with E-state index in [0.29, 0.717) is 24.5 Å². The van der Waals surface area contributed by atoms with Gasteiger partial charge in [-0.05, 0) is 38.5 Å². The van der Waals surface area contributed by atoms with Crippen LogP contribution in [-0.4, -0.2) is 56.6 Å². The van der Waals surface area contributed by atoms with Gasteiger partial charge in [-0.2, -0.15) is 5.10 Å². The van der Waals surface area contributed by atoms with Gasteiger partial charge in [0, 0.05) is 37.7 Å². The third-order valence-electron chi connectivity index (χ3n) is 5.20. The Hall–Kier alpha value is -2.45. The van der Waals surface area contributed by atoms with Crippen LogP contribution >= 0.6 is 11.6 Å². The highest BCUT2D eigenvalue weighted by Gasteiger charge is 2.30. The molecule has 1 aliphatic rings. The Morgan fingerprint density at radius 3 is 2.36 bits per heavy atom. The van der Waals surface area contributed by atoms with Gasteiger partial charge in [-0.3, -0.25) is 24.5 Å². The first-order valence-electron chi connectivity index (χ1n) is 9.23. The number of aromatic nitrogens is 2. The zero-order valence-electron chi connectivity index (χ0n) is 16.3. The fourth-order valence-corrected chi connectivity index (χ4v) is 3.76. The molecule has 0 saturated carbocycles. The molecule has 1 aliphatic heterocycles. The van der Waals surface area contributed by atoms with E-state index in [4.69, 9.17) is 11.6 Å². The topological polar surface area (TPSA) is 84.5 Å². The van der Waals surface area contributed by atoms with Gasteiger partial charge in [0.1, 0.15) is 17.4 Å². The number of carbonyl (C=O) groups excluding carboxylic acids is 1. The smallest absolute Gasteiger partial charge is 0.312 e. The number of nitro groups is 1. The summed E-state index contributed by atoms with van der Waals surface area (Å²) in [5, 5.41) is 16.2. The standard InChI is InChI=1S/C19H24ClN5O3/c1-13-18(25(27)28)14(2)24(21-13)15(3)19(26)23-10-8-22(9-11-23)12-16-4-6-17(20)7-5-16/h4-7,15H,8-12H2,1-3H3. The number of rotatable bonds is 5. The maximum atomic E-state index is 12.9. The Bertz CT molecular complexity index is 872. The Morgan fingerprint density at radius 1 is 1.21 bits per heavy atom. The average Bonchev–Trinajstić information content (AvgIpc) is 2.97. The minimum Gasteiger partial charge on any atom is -0.338 e. The van der Waals surface area contributed by atoms with E-state index in [1.165, 1.54) is 10.2 Å². The number of piperazine rings is 1. The van der Waals surface area contributed by atoms with Gasteiger partial charge < -0.3 is 4.90 Å². The van der Waals surface area contributed by atoms with Gasteiger partial charge in [-0.1, -0.05) is 23.7 Å². The predicted molar refractivity (Wildman–Crippen MR) is 106 cm³/mol. The number of aryl methyl sites for hydroxylation is 1. The Morgan fingerprint density at radius 2 is 1.82 bits per heavy atom. The average molecular weight is 406 g/mol. The molecule has 8 nitrogen and oxygen atoms in total. The van der Waals surface area contributed by atoms with Crippen molar-refractivity contribution in [1.82, 2.24) is 19.6 Å². The van der Waals surface area contributed by atoms with Crippen LogP contribution in [0.4, 0.5) is 5.69 Å². The summed E-state index contributed by atoms with van der Waals surface area (Å²) in [5.74, 6) is -0.0633. The number of hydrogen-bond donors (Lipinski definition) is 0. The van der Waals surface area contributed by atoms with Crippen molar-refractivity contribution in [1.29, 1.82) is 0 Å². The maximum absolute atomic E-state index is 12.9. The molecule has 1 aromatic carbocycles. The van der Waals surface area contributed by atoms with Crippen LogP contribution in [0.1, 0.15) is 29.9 Å². The Balaban J connectivity index is 1.61. The lowest BCUT2D eigenvalue weighted by molar-refractivity contribution is -0.386. The van der Waals surface area contributed by atoms with Crippen molar-refractivity contribution >= 4 is 23.2 Å². The van der Waals surface area contributed by atoms with Gasteiger partial charge >= 0.3 is 5.69 Å². The molecule has 9 heteroatoms.